The third kappa shape index (κ3) is 2.73. The predicted octanol–water partition coefficient (Wildman–Crippen LogP) is 1.12. The minimum atomic E-state index is -1.12. The molecule has 2 aromatic rings. The second kappa shape index (κ2) is 6.47. The highest BCUT2D eigenvalue weighted by Crippen LogP contribution is 2.40. The number of hydrogen-bond acceptors (Lipinski definition) is 8. The van der Waals surface area contributed by atoms with Gasteiger partial charge in [0, 0.05) is 36.6 Å². The minimum Gasteiger partial charge on any atom is -0.495 e. The first-order valence-corrected chi connectivity index (χ1v) is 8.48. The summed E-state index contributed by atoms with van der Waals surface area (Å²) in [5.41, 5.74) is 15.5. The van der Waals surface area contributed by atoms with Crippen molar-refractivity contribution in [1.29, 1.82) is 0 Å². The highest BCUT2D eigenvalue weighted by Gasteiger charge is 2.36. The highest BCUT2D eigenvalue weighted by molar-refractivity contribution is 5.84. The molecule has 0 saturated carbocycles. The van der Waals surface area contributed by atoms with Crippen LogP contribution in [-0.2, 0) is 10.4 Å². The quantitative estimate of drug-likeness (QED) is 0.708. The summed E-state index contributed by atoms with van der Waals surface area (Å²) in [6.07, 6.45) is 3.35. The zero-order valence-corrected chi connectivity index (χ0v) is 14.6. The van der Waals surface area contributed by atoms with Crippen LogP contribution in [0, 0.1) is 0 Å². The molecule has 8 heteroatoms. The van der Waals surface area contributed by atoms with Crippen molar-refractivity contribution < 1.29 is 9.47 Å². The molecule has 2 aliphatic rings. The topological polar surface area (TPSA) is 111 Å². The van der Waals surface area contributed by atoms with E-state index < -0.39 is 5.66 Å². The molecule has 5 N–H and O–H groups in total. The Hall–Kier alpha value is -2.84. The van der Waals surface area contributed by atoms with Gasteiger partial charge in [-0.2, -0.15) is 0 Å². The Kier molecular flexibility index (Phi) is 4.14. The summed E-state index contributed by atoms with van der Waals surface area (Å²) in [5.74, 6) is 0.587. The second-order valence-electron chi connectivity index (χ2n) is 6.31. The summed E-state index contributed by atoms with van der Waals surface area (Å²) in [5, 5.41) is 3.11. The molecule has 136 valence electrons. The van der Waals surface area contributed by atoms with Crippen molar-refractivity contribution in [2.45, 2.75) is 5.66 Å². The van der Waals surface area contributed by atoms with E-state index in [0.29, 0.717) is 30.3 Å². The van der Waals surface area contributed by atoms with E-state index in [2.05, 4.69) is 20.2 Å². The van der Waals surface area contributed by atoms with Crippen LogP contribution in [0.3, 0.4) is 0 Å². The van der Waals surface area contributed by atoms with Gasteiger partial charge in [-0.1, -0.05) is 0 Å². The van der Waals surface area contributed by atoms with Crippen molar-refractivity contribution in [3.8, 4) is 5.75 Å². The number of fused-ring (bicyclic) bond motifs is 1. The van der Waals surface area contributed by atoms with E-state index in [9.17, 15) is 0 Å². The van der Waals surface area contributed by atoms with Gasteiger partial charge in [0.05, 0.1) is 43.7 Å². The average molecular weight is 354 g/mol. The van der Waals surface area contributed by atoms with E-state index in [0.717, 1.165) is 30.0 Å². The third-order valence-electron chi connectivity index (χ3n) is 4.78. The van der Waals surface area contributed by atoms with Gasteiger partial charge in [-0.05, 0) is 18.2 Å². The second-order valence-corrected chi connectivity index (χ2v) is 6.31. The molecule has 1 unspecified atom stereocenters. The summed E-state index contributed by atoms with van der Waals surface area (Å²) in [4.78, 5) is 11.3. The van der Waals surface area contributed by atoms with Crippen LogP contribution in [-0.4, -0.2) is 44.7 Å². The van der Waals surface area contributed by atoms with E-state index in [-0.39, 0.29) is 0 Å². The molecule has 2 aliphatic heterocycles. The summed E-state index contributed by atoms with van der Waals surface area (Å²) in [6.45, 7) is 3.11. The number of methoxy groups -OCH3 is 1. The zero-order valence-electron chi connectivity index (χ0n) is 14.6. The van der Waals surface area contributed by atoms with Gasteiger partial charge in [-0.3, -0.25) is 10.7 Å². The molecule has 4 rings (SSSR count). The summed E-state index contributed by atoms with van der Waals surface area (Å²) in [7, 11) is 1.58. The van der Waals surface area contributed by atoms with Gasteiger partial charge in [0.25, 0.3) is 0 Å². The van der Waals surface area contributed by atoms with Gasteiger partial charge < -0.3 is 25.4 Å². The number of pyridine rings is 1. The molecule has 1 saturated heterocycles. The van der Waals surface area contributed by atoms with E-state index in [4.69, 9.17) is 20.9 Å². The van der Waals surface area contributed by atoms with E-state index in [1.165, 1.54) is 0 Å². The highest BCUT2D eigenvalue weighted by atomic mass is 16.5. The third-order valence-corrected chi connectivity index (χ3v) is 4.78. The van der Waals surface area contributed by atoms with Crippen molar-refractivity contribution >= 4 is 23.4 Å². The number of nitrogens with two attached hydrogens (primary N) is 2. The normalized spacial score (nSPS) is 21.8. The van der Waals surface area contributed by atoms with Crippen LogP contribution in [0.1, 0.15) is 11.3 Å². The number of benzene rings is 1. The fraction of sp³-hybridized carbons (Fsp3) is 0.333. The zero-order chi connectivity index (χ0) is 18.1. The van der Waals surface area contributed by atoms with Gasteiger partial charge >= 0.3 is 0 Å². The maximum atomic E-state index is 6.71. The largest absolute Gasteiger partial charge is 0.495 e. The Bertz CT molecular complexity index is 850. The van der Waals surface area contributed by atoms with Gasteiger partial charge in [-0.25, -0.2) is 4.99 Å². The van der Waals surface area contributed by atoms with Crippen LogP contribution >= 0.6 is 0 Å². The molecule has 0 spiro atoms. The number of rotatable bonds is 3. The Morgan fingerprint density at radius 1 is 1.27 bits per heavy atom. The molecule has 26 heavy (non-hydrogen) atoms. The van der Waals surface area contributed by atoms with Crippen molar-refractivity contribution in [3.63, 3.8) is 0 Å². The number of nitrogen functional groups attached to an aromatic ring is 1. The summed E-state index contributed by atoms with van der Waals surface area (Å²) in [6, 6.07) is 7.58. The summed E-state index contributed by atoms with van der Waals surface area (Å²) < 4.78 is 10.7. The van der Waals surface area contributed by atoms with E-state index in [1.54, 1.807) is 25.7 Å². The number of nitrogens with one attached hydrogen (secondary N) is 1. The molecule has 1 atom stereocenters. The van der Waals surface area contributed by atoms with E-state index >= 15 is 0 Å². The first kappa shape index (κ1) is 16.6. The monoisotopic (exact) mass is 354 g/mol. The molecule has 0 bridgehead atoms. The van der Waals surface area contributed by atoms with Crippen LogP contribution in [0.25, 0.3) is 0 Å². The Morgan fingerprint density at radius 3 is 2.85 bits per heavy atom. The van der Waals surface area contributed by atoms with Crippen molar-refractivity contribution in [3.05, 3.63) is 41.7 Å². The maximum absolute atomic E-state index is 6.71. The number of aliphatic imine (C=N–C) groups is 1. The molecular formula is C18H22N6O2. The van der Waals surface area contributed by atoms with E-state index in [1.807, 2.05) is 18.2 Å². The van der Waals surface area contributed by atoms with Crippen LogP contribution in [0.15, 0.2) is 35.5 Å². The van der Waals surface area contributed by atoms with Crippen molar-refractivity contribution in [2.75, 3.05) is 49.4 Å². The fourth-order valence-corrected chi connectivity index (χ4v) is 3.33. The first-order chi connectivity index (χ1) is 12.6. The number of anilines is 3. The van der Waals surface area contributed by atoms with Crippen LogP contribution < -0.4 is 26.4 Å². The summed E-state index contributed by atoms with van der Waals surface area (Å²) >= 11 is 0. The number of aromatic nitrogens is 1. The number of morpholine rings is 1. The van der Waals surface area contributed by atoms with Crippen LogP contribution in [0.4, 0.5) is 17.1 Å². The van der Waals surface area contributed by atoms with Crippen molar-refractivity contribution in [2.24, 2.45) is 10.7 Å². The Balaban J connectivity index is 1.77. The molecular weight excluding hydrogens is 332 g/mol. The standard InChI is InChI=1S/C18H22N6O2/c1-25-16-10-15-13(9-14(16)19)18(20,23-11-22-15)17-8-12(2-3-21-17)24-4-6-26-7-5-24/h2-3,8-11H,4-7,19-20H2,1H3,(H,22,23). The SMILES string of the molecule is COc1cc2c(cc1N)C(N)(c1cc(N3CCOCC3)ccn1)N=CN2. The van der Waals surface area contributed by atoms with Crippen LogP contribution in [0.2, 0.25) is 0 Å². The lowest BCUT2D eigenvalue weighted by atomic mass is 9.92. The fourth-order valence-electron chi connectivity index (χ4n) is 3.33. The molecule has 1 aromatic heterocycles. The smallest absolute Gasteiger partial charge is 0.180 e. The van der Waals surface area contributed by atoms with Crippen molar-refractivity contribution in [1.82, 2.24) is 4.98 Å². The molecule has 3 heterocycles. The minimum absolute atomic E-state index is 0.504. The molecule has 8 nitrogen and oxygen atoms in total. The molecule has 0 aliphatic carbocycles. The molecule has 0 amide bonds. The van der Waals surface area contributed by atoms with Gasteiger partial charge in [-0.15, -0.1) is 0 Å². The molecule has 1 fully saturated rings. The lowest BCUT2D eigenvalue weighted by Crippen LogP contribution is -2.41. The number of nitrogens with zero attached hydrogens (tertiary/aromatic N) is 3. The Labute approximate surface area is 151 Å². The van der Waals surface area contributed by atoms with Gasteiger partial charge in [0.1, 0.15) is 5.75 Å². The lowest BCUT2D eigenvalue weighted by Gasteiger charge is -2.33. The average Bonchev–Trinajstić information content (AvgIpc) is 2.69. The first-order valence-electron chi connectivity index (χ1n) is 8.48. The number of ether oxygens (including phenoxy) is 2. The van der Waals surface area contributed by atoms with Crippen LogP contribution in [0.5, 0.6) is 5.75 Å². The molecule has 0 radical (unpaired) electrons. The lowest BCUT2D eigenvalue weighted by molar-refractivity contribution is 0.122. The molecule has 1 aromatic carbocycles. The van der Waals surface area contributed by atoms with Gasteiger partial charge in [0.2, 0.25) is 0 Å². The predicted molar refractivity (Wildman–Crippen MR) is 102 cm³/mol. The maximum Gasteiger partial charge on any atom is 0.180 e. The Morgan fingerprint density at radius 2 is 2.08 bits per heavy atom. The van der Waals surface area contributed by atoms with Gasteiger partial charge in [0.15, 0.2) is 5.66 Å². The number of hydrogen-bond donors (Lipinski definition) is 3.